The zero-order valence-corrected chi connectivity index (χ0v) is 14.2. The van der Waals surface area contributed by atoms with Crippen LogP contribution in [0.25, 0.3) is 0 Å². The fourth-order valence-corrected chi connectivity index (χ4v) is 5.02. The Kier molecular flexibility index (Phi) is 5.09. The molecule has 1 saturated carbocycles. The van der Waals surface area contributed by atoms with Crippen molar-refractivity contribution in [3.8, 4) is 0 Å². The molecule has 0 amide bonds. The summed E-state index contributed by atoms with van der Waals surface area (Å²) in [6.07, 6.45) is 5.38. The van der Waals surface area contributed by atoms with Crippen molar-refractivity contribution in [2.45, 2.75) is 52.1 Å². The summed E-state index contributed by atoms with van der Waals surface area (Å²) >= 11 is 5.23. The summed E-state index contributed by atoms with van der Waals surface area (Å²) < 4.78 is 1.10. The number of rotatable bonds is 4. The van der Waals surface area contributed by atoms with E-state index in [0.29, 0.717) is 6.54 Å². The Morgan fingerprint density at radius 1 is 1.63 bits per heavy atom. The van der Waals surface area contributed by atoms with E-state index in [2.05, 4.69) is 35.8 Å². The minimum Gasteiger partial charge on any atom is -0.387 e. The van der Waals surface area contributed by atoms with E-state index in [1.54, 1.807) is 11.3 Å². The molecule has 1 heterocycles. The highest BCUT2D eigenvalue weighted by Crippen LogP contribution is 2.49. The Balaban J connectivity index is 2.24. The van der Waals surface area contributed by atoms with Crippen LogP contribution in [0.3, 0.4) is 0 Å². The van der Waals surface area contributed by atoms with E-state index in [9.17, 15) is 5.11 Å². The maximum atomic E-state index is 10.9. The second-order valence-electron chi connectivity index (χ2n) is 5.89. The van der Waals surface area contributed by atoms with Crippen LogP contribution in [0.1, 0.15) is 54.9 Å². The van der Waals surface area contributed by atoms with Gasteiger partial charge in [-0.2, -0.15) is 0 Å². The number of nitrogens with two attached hydrogens (primary N) is 1. The molecular formula is C15H24BrNOS. The van der Waals surface area contributed by atoms with Crippen LogP contribution >= 0.6 is 27.3 Å². The molecule has 4 heteroatoms. The molecule has 0 bridgehead atoms. The quantitative estimate of drug-likeness (QED) is 0.849. The van der Waals surface area contributed by atoms with Crippen LogP contribution < -0.4 is 5.73 Å². The van der Waals surface area contributed by atoms with Gasteiger partial charge in [-0.05, 0) is 47.7 Å². The summed E-state index contributed by atoms with van der Waals surface area (Å²) in [6, 6.07) is 2.07. The van der Waals surface area contributed by atoms with E-state index < -0.39 is 6.10 Å². The number of aryl methyl sites for hydroxylation is 1. The Bertz CT molecular complexity index is 414. The molecule has 1 aromatic heterocycles. The molecule has 1 fully saturated rings. The van der Waals surface area contributed by atoms with Gasteiger partial charge in [-0.15, -0.1) is 11.3 Å². The highest BCUT2D eigenvalue weighted by molar-refractivity contribution is 9.10. The molecule has 1 aliphatic rings. The predicted molar refractivity (Wildman–Crippen MR) is 85.5 cm³/mol. The number of aliphatic hydroxyl groups is 1. The van der Waals surface area contributed by atoms with Crippen LogP contribution in [-0.4, -0.2) is 11.7 Å². The van der Waals surface area contributed by atoms with Crippen molar-refractivity contribution in [2.24, 2.45) is 17.1 Å². The van der Waals surface area contributed by atoms with Crippen molar-refractivity contribution < 1.29 is 5.11 Å². The highest BCUT2D eigenvalue weighted by Gasteiger charge is 2.42. The highest BCUT2D eigenvalue weighted by atomic mass is 79.9. The van der Waals surface area contributed by atoms with Crippen LogP contribution in [-0.2, 0) is 0 Å². The Morgan fingerprint density at radius 3 is 2.89 bits per heavy atom. The van der Waals surface area contributed by atoms with Crippen LogP contribution in [0.5, 0.6) is 0 Å². The maximum absolute atomic E-state index is 10.9. The molecule has 2 nitrogen and oxygen atoms in total. The average molecular weight is 346 g/mol. The third-order valence-electron chi connectivity index (χ3n) is 4.69. The summed E-state index contributed by atoms with van der Waals surface area (Å²) in [6.45, 7) is 4.91. The zero-order valence-electron chi connectivity index (χ0n) is 11.8. The van der Waals surface area contributed by atoms with Gasteiger partial charge in [0.05, 0.1) is 6.10 Å². The molecule has 0 saturated heterocycles. The predicted octanol–water partition coefficient (Wildman–Crippen LogP) is 4.40. The van der Waals surface area contributed by atoms with Crippen molar-refractivity contribution in [1.29, 1.82) is 0 Å². The molecule has 3 N–H and O–H groups in total. The molecule has 0 radical (unpaired) electrons. The lowest BCUT2D eigenvalue weighted by molar-refractivity contribution is -0.0140. The first-order chi connectivity index (χ1) is 9.02. The van der Waals surface area contributed by atoms with Gasteiger partial charge < -0.3 is 10.8 Å². The van der Waals surface area contributed by atoms with Gasteiger partial charge in [0.25, 0.3) is 0 Å². The first kappa shape index (κ1) is 15.5. The number of thiophene rings is 1. The Labute approximate surface area is 128 Å². The van der Waals surface area contributed by atoms with E-state index in [4.69, 9.17) is 5.73 Å². The monoisotopic (exact) mass is 345 g/mol. The number of aliphatic hydroxyl groups excluding tert-OH is 1. The second kappa shape index (κ2) is 6.25. The second-order valence-corrected chi connectivity index (χ2v) is 8.03. The van der Waals surface area contributed by atoms with Crippen molar-refractivity contribution in [3.63, 3.8) is 0 Å². The first-order valence-corrected chi connectivity index (χ1v) is 8.77. The van der Waals surface area contributed by atoms with E-state index in [0.717, 1.165) is 28.1 Å². The smallest absolute Gasteiger partial charge is 0.0950 e. The lowest BCUT2D eigenvalue weighted by atomic mass is 9.65. The third kappa shape index (κ3) is 3.07. The topological polar surface area (TPSA) is 46.2 Å². The molecule has 108 valence electrons. The molecule has 0 spiro atoms. The minimum atomic E-state index is -0.415. The van der Waals surface area contributed by atoms with Gasteiger partial charge in [-0.1, -0.05) is 26.2 Å². The van der Waals surface area contributed by atoms with E-state index in [1.807, 2.05) is 0 Å². The van der Waals surface area contributed by atoms with E-state index in [-0.39, 0.29) is 5.41 Å². The van der Waals surface area contributed by atoms with E-state index >= 15 is 0 Å². The fraction of sp³-hybridized carbons (Fsp3) is 0.733. The molecule has 0 aliphatic heterocycles. The number of hydrogen-bond acceptors (Lipinski definition) is 3. The SMILES string of the molecule is CCC1CCCC(CN)(C(O)c2cc(Br)c(C)s2)C1. The maximum Gasteiger partial charge on any atom is 0.0950 e. The van der Waals surface area contributed by atoms with Crippen molar-refractivity contribution >= 4 is 27.3 Å². The van der Waals surface area contributed by atoms with Gasteiger partial charge in [0, 0.05) is 26.2 Å². The fourth-order valence-electron chi connectivity index (χ4n) is 3.33. The van der Waals surface area contributed by atoms with Crippen molar-refractivity contribution in [3.05, 3.63) is 20.3 Å². The standard InChI is InChI=1S/C15H24BrNOS/c1-3-11-5-4-6-15(8-11,9-17)14(18)13-7-12(16)10(2)19-13/h7,11,14,18H,3-6,8-9,17H2,1-2H3. The van der Waals surface area contributed by atoms with Gasteiger partial charge in [0.2, 0.25) is 0 Å². The normalized spacial score (nSPS) is 29.4. The largest absolute Gasteiger partial charge is 0.387 e. The molecule has 19 heavy (non-hydrogen) atoms. The zero-order chi connectivity index (χ0) is 14.0. The van der Waals surface area contributed by atoms with Crippen molar-refractivity contribution in [1.82, 2.24) is 0 Å². The molecular weight excluding hydrogens is 322 g/mol. The lowest BCUT2D eigenvalue weighted by Gasteiger charge is -2.43. The molecule has 3 unspecified atom stereocenters. The Hall–Kier alpha value is 0.1000. The van der Waals surface area contributed by atoms with Crippen LogP contribution in [0.2, 0.25) is 0 Å². The molecule has 0 aromatic carbocycles. The van der Waals surface area contributed by atoms with Gasteiger partial charge in [-0.25, -0.2) is 0 Å². The van der Waals surface area contributed by atoms with E-state index in [1.165, 1.54) is 24.1 Å². The minimum absolute atomic E-state index is 0.115. The van der Waals surface area contributed by atoms with Crippen LogP contribution in [0, 0.1) is 18.3 Å². The first-order valence-electron chi connectivity index (χ1n) is 7.16. The molecule has 1 aromatic rings. The average Bonchev–Trinajstić information content (AvgIpc) is 2.77. The van der Waals surface area contributed by atoms with Crippen molar-refractivity contribution in [2.75, 3.05) is 6.54 Å². The summed E-state index contributed by atoms with van der Waals surface area (Å²) in [5, 5.41) is 10.9. The number of halogens is 1. The van der Waals surface area contributed by atoms with Crippen LogP contribution in [0.4, 0.5) is 0 Å². The summed E-state index contributed by atoms with van der Waals surface area (Å²) in [5.74, 6) is 0.719. The lowest BCUT2D eigenvalue weighted by Crippen LogP contribution is -2.40. The third-order valence-corrected chi connectivity index (χ3v) is 6.88. The van der Waals surface area contributed by atoms with Gasteiger partial charge in [0.1, 0.15) is 0 Å². The molecule has 1 aliphatic carbocycles. The van der Waals surface area contributed by atoms with Crippen LogP contribution in [0.15, 0.2) is 10.5 Å². The van der Waals surface area contributed by atoms with Gasteiger partial charge >= 0.3 is 0 Å². The van der Waals surface area contributed by atoms with Gasteiger partial charge in [0.15, 0.2) is 0 Å². The summed E-state index contributed by atoms with van der Waals surface area (Å²) in [4.78, 5) is 2.29. The summed E-state index contributed by atoms with van der Waals surface area (Å²) in [5.41, 5.74) is 5.96. The summed E-state index contributed by atoms with van der Waals surface area (Å²) in [7, 11) is 0. The molecule has 2 rings (SSSR count). The van der Waals surface area contributed by atoms with Gasteiger partial charge in [-0.3, -0.25) is 0 Å². The number of hydrogen-bond donors (Lipinski definition) is 2. The molecule has 3 atom stereocenters. The Morgan fingerprint density at radius 2 is 2.37 bits per heavy atom.